The van der Waals surface area contributed by atoms with Gasteiger partial charge in [-0.1, -0.05) is 26.3 Å². The Morgan fingerprint density at radius 1 is 1.36 bits per heavy atom. The first kappa shape index (κ1) is 11.8. The van der Waals surface area contributed by atoms with Crippen LogP contribution in [0.1, 0.15) is 46.0 Å². The van der Waals surface area contributed by atoms with Crippen molar-refractivity contribution in [2.45, 2.75) is 52.0 Å². The maximum Gasteiger partial charge on any atom is 0.00683 e. The molecular formula is C13H25N. The van der Waals surface area contributed by atoms with Gasteiger partial charge in [0.05, 0.1) is 0 Å². The summed E-state index contributed by atoms with van der Waals surface area (Å²) in [5.41, 5.74) is 0. The number of unbranched alkanes of at least 4 members (excludes halogenated alkanes) is 1. The van der Waals surface area contributed by atoms with E-state index >= 15 is 0 Å². The molecule has 1 fully saturated rings. The third kappa shape index (κ3) is 4.80. The molecule has 2 unspecified atom stereocenters. The molecule has 1 nitrogen and oxygen atoms in total. The second-order valence-corrected chi connectivity index (χ2v) is 4.86. The van der Waals surface area contributed by atoms with Gasteiger partial charge in [0.25, 0.3) is 0 Å². The Balaban J connectivity index is 2.01. The van der Waals surface area contributed by atoms with Gasteiger partial charge >= 0.3 is 0 Å². The quantitative estimate of drug-likeness (QED) is 0.462. The van der Waals surface area contributed by atoms with E-state index in [4.69, 9.17) is 0 Å². The van der Waals surface area contributed by atoms with Crippen LogP contribution in [0.2, 0.25) is 0 Å². The summed E-state index contributed by atoms with van der Waals surface area (Å²) in [6, 6.07) is 0.859. The molecule has 0 saturated heterocycles. The van der Waals surface area contributed by atoms with Crippen LogP contribution in [0, 0.1) is 11.8 Å². The van der Waals surface area contributed by atoms with E-state index in [0.29, 0.717) is 0 Å². The molecule has 0 radical (unpaired) electrons. The normalized spacial score (nSPS) is 20.4. The molecule has 0 spiro atoms. The molecular weight excluding hydrogens is 170 g/mol. The minimum absolute atomic E-state index is 0.820. The zero-order valence-electron chi connectivity index (χ0n) is 9.76. The highest BCUT2D eigenvalue weighted by atomic mass is 14.9. The van der Waals surface area contributed by atoms with Crippen molar-refractivity contribution < 1.29 is 0 Å². The zero-order valence-corrected chi connectivity index (χ0v) is 9.76. The van der Waals surface area contributed by atoms with Crippen LogP contribution < -0.4 is 5.32 Å². The highest BCUT2D eigenvalue weighted by Crippen LogP contribution is 2.21. The summed E-state index contributed by atoms with van der Waals surface area (Å²) in [7, 11) is 0. The smallest absolute Gasteiger partial charge is 0.00683 e. The number of hydrogen-bond donors (Lipinski definition) is 1. The van der Waals surface area contributed by atoms with E-state index < -0.39 is 0 Å². The summed E-state index contributed by atoms with van der Waals surface area (Å²) < 4.78 is 0. The minimum Gasteiger partial charge on any atom is -0.314 e. The molecule has 0 aliphatic heterocycles. The van der Waals surface area contributed by atoms with Crippen LogP contribution in [0.5, 0.6) is 0 Å². The molecule has 0 heterocycles. The fourth-order valence-electron chi connectivity index (χ4n) is 1.71. The number of rotatable bonds is 8. The molecule has 1 aliphatic carbocycles. The molecule has 1 heteroatoms. The summed E-state index contributed by atoms with van der Waals surface area (Å²) in [5, 5.41) is 3.61. The largest absolute Gasteiger partial charge is 0.314 e. The second kappa shape index (κ2) is 6.23. The van der Waals surface area contributed by atoms with Gasteiger partial charge in [-0.05, 0) is 44.1 Å². The van der Waals surface area contributed by atoms with Crippen LogP contribution >= 0.6 is 0 Å². The van der Waals surface area contributed by atoms with Crippen molar-refractivity contribution in [1.82, 2.24) is 5.32 Å². The average molecular weight is 195 g/mol. The van der Waals surface area contributed by atoms with Gasteiger partial charge in [0, 0.05) is 6.04 Å². The van der Waals surface area contributed by atoms with Crippen LogP contribution in [0.3, 0.4) is 0 Å². The van der Waals surface area contributed by atoms with Gasteiger partial charge in [-0.25, -0.2) is 0 Å². The number of allylic oxidation sites excluding steroid dienone is 1. The summed E-state index contributed by atoms with van der Waals surface area (Å²) >= 11 is 0. The molecule has 2 atom stereocenters. The van der Waals surface area contributed by atoms with E-state index in [1.165, 1.54) is 38.6 Å². The van der Waals surface area contributed by atoms with E-state index in [9.17, 15) is 0 Å². The lowest BCUT2D eigenvalue weighted by molar-refractivity contribution is 0.340. The van der Waals surface area contributed by atoms with Crippen molar-refractivity contribution in [3.8, 4) is 0 Å². The van der Waals surface area contributed by atoms with Crippen molar-refractivity contribution in [1.29, 1.82) is 0 Å². The standard InChI is InChI=1S/C13H25N/c1-4-5-6-7-11(2)12(3)10-14-13-8-9-13/h4,11-14H,1,5-10H2,2-3H3. The van der Waals surface area contributed by atoms with Gasteiger partial charge in [-0.15, -0.1) is 6.58 Å². The Labute approximate surface area is 89.0 Å². The van der Waals surface area contributed by atoms with Gasteiger partial charge < -0.3 is 5.32 Å². The van der Waals surface area contributed by atoms with Crippen molar-refractivity contribution in [3.05, 3.63) is 12.7 Å². The fraction of sp³-hybridized carbons (Fsp3) is 0.846. The summed E-state index contributed by atoms with van der Waals surface area (Å²) in [6.45, 7) is 9.71. The monoisotopic (exact) mass is 195 g/mol. The third-order valence-electron chi connectivity index (χ3n) is 3.34. The lowest BCUT2D eigenvalue weighted by atomic mass is 9.91. The molecule has 0 amide bonds. The van der Waals surface area contributed by atoms with Crippen LogP contribution in [0.25, 0.3) is 0 Å². The third-order valence-corrected chi connectivity index (χ3v) is 3.34. The maximum absolute atomic E-state index is 3.76. The van der Waals surface area contributed by atoms with Crippen molar-refractivity contribution in [3.63, 3.8) is 0 Å². The first-order valence-electron chi connectivity index (χ1n) is 6.08. The maximum atomic E-state index is 3.76. The predicted octanol–water partition coefficient (Wildman–Crippen LogP) is 3.37. The predicted molar refractivity (Wildman–Crippen MR) is 63.4 cm³/mol. The minimum atomic E-state index is 0.820. The van der Waals surface area contributed by atoms with Gasteiger partial charge in [0.2, 0.25) is 0 Å². The first-order chi connectivity index (χ1) is 6.74. The van der Waals surface area contributed by atoms with Gasteiger partial charge in [-0.3, -0.25) is 0 Å². The van der Waals surface area contributed by atoms with Gasteiger partial charge in [0.15, 0.2) is 0 Å². The second-order valence-electron chi connectivity index (χ2n) is 4.86. The lowest BCUT2D eigenvalue weighted by Crippen LogP contribution is -2.26. The van der Waals surface area contributed by atoms with Crippen molar-refractivity contribution in [2.75, 3.05) is 6.54 Å². The number of hydrogen-bond acceptors (Lipinski definition) is 1. The van der Waals surface area contributed by atoms with E-state index in [-0.39, 0.29) is 0 Å². The molecule has 0 aromatic rings. The Kier molecular flexibility index (Phi) is 5.24. The first-order valence-corrected chi connectivity index (χ1v) is 6.08. The topological polar surface area (TPSA) is 12.0 Å². The Morgan fingerprint density at radius 2 is 2.07 bits per heavy atom. The average Bonchev–Trinajstić information content (AvgIpc) is 2.98. The Bertz CT molecular complexity index is 161. The Morgan fingerprint density at radius 3 is 2.64 bits per heavy atom. The number of nitrogens with one attached hydrogen (secondary N) is 1. The zero-order chi connectivity index (χ0) is 10.4. The molecule has 1 saturated carbocycles. The highest BCUT2D eigenvalue weighted by Gasteiger charge is 2.21. The van der Waals surface area contributed by atoms with E-state index in [1.54, 1.807) is 0 Å². The summed E-state index contributed by atoms with van der Waals surface area (Å²) in [4.78, 5) is 0. The molecule has 82 valence electrons. The van der Waals surface area contributed by atoms with Gasteiger partial charge in [-0.2, -0.15) is 0 Å². The van der Waals surface area contributed by atoms with Crippen molar-refractivity contribution in [2.24, 2.45) is 11.8 Å². The highest BCUT2D eigenvalue weighted by molar-refractivity contribution is 4.82. The summed E-state index contributed by atoms with van der Waals surface area (Å²) in [5.74, 6) is 1.67. The molecule has 1 N–H and O–H groups in total. The molecule has 0 aromatic carbocycles. The molecule has 1 rings (SSSR count). The van der Waals surface area contributed by atoms with Gasteiger partial charge in [0.1, 0.15) is 0 Å². The summed E-state index contributed by atoms with van der Waals surface area (Å²) in [6.07, 6.45) is 8.65. The van der Waals surface area contributed by atoms with Crippen LogP contribution in [-0.2, 0) is 0 Å². The lowest BCUT2D eigenvalue weighted by Gasteiger charge is -2.20. The molecule has 1 aliphatic rings. The molecule has 0 aromatic heterocycles. The SMILES string of the molecule is C=CCCCC(C)C(C)CNC1CC1. The van der Waals surface area contributed by atoms with Crippen LogP contribution in [-0.4, -0.2) is 12.6 Å². The van der Waals surface area contributed by atoms with E-state index in [0.717, 1.165) is 17.9 Å². The molecule has 14 heavy (non-hydrogen) atoms. The van der Waals surface area contributed by atoms with E-state index in [2.05, 4.69) is 25.7 Å². The fourth-order valence-corrected chi connectivity index (χ4v) is 1.71. The van der Waals surface area contributed by atoms with E-state index in [1.807, 2.05) is 6.08 Å². The van der Waals surface area contributed by atoms with Crippen molar-refractivity contribution >= 4 is 0 Å². The Hall–Kier alpha value is -0.300. The molecule has 0 bridgehead atoms. The van der Waals surface area contributed by atoms with Crippen LogP contribution in [0.15, 0.2) is 12.7 Å². The van der Waals surface area contributed by atoms with Crippen LogP contribution in [0.4, 0.5) is 0 Å².